The van der Waals surface area contributed by atoms with Crippen molar-refractivity contribution in [2.24, 2.45) is 0 Å². The van der Waals surface area contributed by atoms with Crippen molar-refractivity contribution < 1.29 is 5.11 Å². The van der Waals surface area contributed by atoms with Gasteiger partial charge in [-0.25, -0.2) is 0 Å². The number of hydrogen-bond acceptors (Lipinski definition) is 2. The molecule has 0 saturated carbocycles. The summed E-state index contributed by atoms with van der Waals surface area (Å²) in [6, 6.07) is 17.3. The van der Waals surface area contributed by atoms with Crippen LogP contribution in [0.4, 0.5) is 11.4 Å². The van der Waals surface area contributed by atoms with Crippen molar-refractivity contribution in [1.29, 1.82) is 0 Å². The van der Waals surface area contributed by atoms with Crippen molar-refractivity contribution in [1.82, 2.24) is 0 Å². The Balaban J connectivity index is 0.000000686. The van der Waals surface area contributed by atoms with Gasteiger partial charge in [0.05, 0.1) is 0 Å². The van der Waals surface area contributed by atoms with E-state index in [2.05, 4.69) is 4.90 Å². The van der Waals surface area contributed by atoms with E-state index >= 15 is 0 Å². The molecular formula is C15H19NO. The molecule has 0 bridgehead atoms. The van der Waals surface area contributed by atoms with E-state index in [9.17, 15) is 5.11 Å². The van der Waals surface area contributed by atoms with Gasteiger partial charge >= 0.3 is 0 Å². The van der Waals surface area contributed by atoms with Gasteiger partial charge in [0.15, 0.2) is 0 Å². The molecule has 0 amide bonds. The summed E-state index contributed by atoms with van der Waals surface area (Å²) in [5.41, 5.74) is 2.18. The zero-order valence-corrected chi connectivity index (χ0v) is 10.6. The number of rotatable bonds is 2. The second-order valence-corrected chi connectivity index (χ2v) is 3.41. The second-order valence-electron chi connectivity index (χ2n) is 3.41. The summed E-state index contributed by atoms with van der Waals surface area (Å²) >= 11 is 0. The normalized spacial score (nSPS) is 9.12. The van der Waals surface area contributed by atoms with Gasteiger partial charge in [0.2, 0.25) is 0 Å². The van der Waals surface area contributed by atoms with E-state index in [0.717, 1.165) is 11.4 Å². The number of aromatic hydroxyl groups is 1. The van der Waals surface area contributed by atoms with Crippen molar-refractivity contribution in [3.8, 4) is 5.75 Å². The van der Waals surface area contributed by atoms with Crippen LogP contribution in [0, 0.1) is 0 Å². The average Bonchev–Trinajstić information content (AvgIpc) is 2.42. The Kier molecular flexibility index (Phi) is 5.08. The summed E-state index contributed by atoms with van der Waals surface area (Å²) in [5, 5.41) is 9.19. The zero-order chi connectivity index (χ0) is 12.7. The SMILES string of the molecule is CC.CN(c1ccccc1)c1ccc(O)cc1. The fourth-order valence-corrected chi connectivity index (χ4v) is 1.48. The Morgan fingerprint density at radius 3 is 1.76 bits per heavy atom. The first kappa shape index (κ1) is 13.1. The maximum atomic E-state index is 9.19. The van der Waals surface area contributed by atoms with Gasteiger partial charge in [0.25, 0.3) is 0 Å². The summed E-state index contributed by atoms with van der Waals surface area (Å²) in [4.78, 5) is 2.07. The fourth-order valence-electron chi connectivity index (χ4n) is 1.48. The Labute approximate surface area is 103 Å². The molecule has 0 atom stereocenters. The number of hydrogen-bond donors (Lipinski definition) is 1. The van der Waals surface area contributed by atoms with E-state index in [1.165, 1.54) is 0 Å². The minimum absolute atomic E-state index is 0.292. The van der Waals surface area contributed by atoms with Crippen LogP contribution in [0.25, 0.3) is 0 Å². The van der Waals surface area contributed by atoms with Crippen molar-refractivity contribution in [2.75, 3.05) is 11.9 Å². The van der Waals surface area contributed by atoms with Gasteiger partial charge < -0.3 is 10.0 Å². The van der Waals surface area contributed by atoms with E-state index in [0.29, 0.717) is 5.75 Å². The second kappa shape index (κ2) is 6.59. The average molecular weight is 229 g/mol. The highest BCUT2D eigenvalue weighted by Crippen LogP contribution is 2.24. The number of phenolic OH excluding ortho intramolecular Hbond substituents is 1. The van der Waals surface area contributed by atoms with Crippen LogP contribution in [-0.4, -0.2) is 12.2 Å². The lowest BCUT2D eigenvalue weighted by Gasteiger charge is -2.19. The van der Waals surface area contributed by atoms with Crippen molar-refractivity contribution in [3.63, 3.8) is 0 Å². The Morgan fingerprint density at radius 1 is 0.765 bits per heavy atom. The Bertz CT molecular complexity index is 422. The molecular weight excluding hydrogens is 210 g/mol. The van der Waals surface area contributed by atoms with Crippen LogP contribution in [0.15, 0.2) is 54.6 Å². The lowest BCUT2D eigenvalue weighted by Crippen LogP contribution is -2.08. The number of anilines is 2. The van der Waals surface area contributed by atoms with Crippen LogP contribution in [0.2, 0.25) is 0 Å². The lowest BCUT2D eigenvalue weighted by atomic mass is 10.2. The molecule has 0 saturated heterocycles. The highest BCUT2D eigenvalue weighted by Gasteiger charge is 2.01. The van der Waals surface area contributed by atoms with Gasteiger partial charge in [-0.05, 0) is 36.4 Å². The Morgan fingerprint density at radius 2 is 1.24 bits per heavy atom. The molecule has 0 aliphatic carbocycles. The van der Waals surface area contributed by atoms with Crippen LogP contribution in [0.5, 0.6) is 5.75 Å². The fraction of sp³-hybridized carbons (Fsp3) is 0.200. The van der Waals surface area contributed by atoms with Crippen LogP contribution in [-0.2, 0) is 0 Å². The molecule has 0 aliphatic rings. The van der Waals surface area contributed by atoms with Crippen molar-refractivity contribution in [2.45, 2.75) is 13.8 Å². The maximum absolute atomic E-state index is 9.19. The highest BCUT2D eigenvalue weighted by atomic mass is 16.3. The number of para-hydroxylation sites is 1. The van der Waals surface area contributed by atoms with Gasteiger partial charge in [-0.2, -0.15) is 0 Å². The van der Waals surface area contributed by atoms with Gasteiger partial charge in [-0.15, -0.1) is 0 Å². The quantitative estimate of drug-likeness (QED) is 0.834. The third kappa shape index (κ3) is 3.52. The number of benzene rings is 2. The summed E-state index contributed by atoms with van der Waals surface area (Å²) in [6.45, 7) is 4.00. The Hall–Kier alpha value is -1.96. The minimum atomic E-state index is 0.292. The molecule has 2 rings (SSSR count). The largest absolute Gasteiger partial charge is 0.508 e. The first-order valence-corrected chi connectivity index (χ1v) is 5.85. The molecule has 0 aromatic heterocycles. The first-order chi connectivity index (χ1) is 8.27. The molecule has 0 spiro atoms. The topological polar surface area (TPSA) is 23.5 Å². The van der Waals surface area contributed by atoms with Crippen LogP contribution >= 0.6 is 0 Å². The molecule has 2 nitrogen and oxygen atoms in total. The van der Waals surface area contributed by atoms with E-state index in [4.69, 9.17) is 0 Å². The molecule has 0 unspecified atom stereocenters. The lowest BCUT2D eigenvalue weighted by molar-refractivity contribution is 0.475. The van der Waals surface area contributed by atoms with E-state index < -0.39 is 0 Å². The molecule has 2 aromatic carbocycles. The molecule has 2 heteroatoms. The van der Waals surface area contributed by atoms with Gasteiger partial charge in [0.1, 0.15) is 5.75 Å². The molecule has 0 fully saturated rings. The third-order valence-electron chi connectivity index (χ3n) is 2.38. The number of phenols is 1. The maximum Gasteiger partial charge on any atom is 0.115 e. The summed E-state index contributed by atoms with van der Waals surface area (Å²) in [6.07, 6.45) is 0. The van der Waals surface area contributed by atoms with Crippen molar-refractivity contribution in [3.05, 3.63) is 54.6 Å². The van der Waals surface area contributed by atoms with E-state index in [1.807, 2.05) is 63.4 Å². The van der Waals surface area contributed by atoms with Crippen LogP contribution < -0.4 is 4.90 Å². The highest BCUT2D eigenvalue weighted by molar-refractivity contribution is 5.62. The van der Waals surface area contributed by atoms with E-state index in [1.54, 1.807) is 12.1 Å². The monoisotopic (exact) mass is 229 g/mol. The number of nitrogens with zero attached hydrogens (tertiary/aromatic N) is 1. The predicted molar refractivity (Wildman–Crippen MR) is 74.0 cm³/mol. The molecule has 0 aliphatic heterocycles. The molecule has 0 heterocycles. The van der Waals surface area contributed by atoms with E-state index in [-0.39, 0.29) is 0 Å². The molecule has 0 radical (unpaired) electrons. The van der Waals surface area contributed by atoms with Crippen LogP contribution in [0.1, 0.15) is 13.8 Å². The summed E-state index contributed by atoms with van der Waals surface area (Å²) < 4.78 is 0. The molecule has 2 aromatic rings. The zero-order valence-electron chi connectivity index (χ0n) is 10.6. The van der Waals surface area contributed by atoms with Gasteiger partial charge in [-0.3, -0.25) is 0 Å². The molecule has 1 N–H and O–H groups in total. The third-order valence-corrected chi connectivity index (χ3v) is 2.38. The summed E-state index contributed by atoms with van der Waals surface area (Å²) in [5.74, 6) is 0.292. The smallest absolute Gasteiger partial charge is 0.115 e. The van der Waals surface area contributed by atoms with Gasteiger partial charge in [-0.1, -0.05) is 32.0 Å². The molecule has 17 heavy (non-hydrogen) atoms. The standard InChI is InChI=1S/C13H13NO.C2H6/c1-14(11-5-3-2-4-6-11)12-7-9-13(15)10-8-12;1-2/h2-10,15H,1H3;1-2H3. The van der Waals surface area contributed by atoms with Crippen LogP contribution in [0.3, 0.4) is 0 Å². The molecule has 90 valence electrons. The minimum Gasteiger partial charge on any atom is -0.508 e. The van der Waals surface area contributed by atoms with Gasteiger partial charge in [0, 0.05) is 18.4 Å². The first-order valence-electron chi connectivity index (χ1n) is 5.85. The predicted octanol–water partition coefficient (Wildman–Crippen LogP) is 4.19. The van der Waals surface area contributed by atoms with Crippen molar-refractivity contribution >= 4 is 11.4 Å². The summed E-state index contributed by atoms with van der Waals surface area (Å²) in [7, 11) is 2.00.